The molecule has 0 unspecified atom stereocenters. The molecule has 3 heterocycles. The Bertz CT molecular complexity index is 2300. The summed E-state index contributed by atoms with van der Waals surface area (Å²) in [4.78, 5) is 12.1. The van der Waals surface area contributed by atoms with Crippen LogP contribution in [-0.4, -0.2) is 63.4 Å². The third-order valence-corrected chi connectivity index (χ3v) is 10.6. The highest BCUT2D eigenvalue weighted by Gasteiger charge is 2.16. The number of hydrogen-bond acceptors (Lipinski definition) is 6. The topological polar surface area (TPSA) is 72.2 Å². The number of aryl methyl sites for hydroxylation is 3. The molecule has 8 nitrogen and oxygen atoms in total. The second-order valence-corrected chi connectivity index (χ2v) is 14.2. The van der Waals surface area contributed by atoms with Crippen LogP contribution in [0.4, 0.5) is 15.8 Å². The third kappa shape index (κ3) is 11.3. The molecule has 4 aromatic carbocycles. The normalized spacial score (nSPS) is 12.7. The molecule has 0 saturated carbocycles. The van der Waals surface area contributed by atoms with Crippen LogP contribution in [0.1, 0.15) is 69.7 Å². The van der Waals surface area contributed by atoms with Crippen molar-refractivity contribution in [2.24, 2.45) is 5.92 Å². The lowest BCUT2D eigenvalue weighted by atomic mass is 9.92. The van der Waals surface area contributed by atoms with Gasteiger partial charge in [-0.15, -0.1) is 0 Å². The van der Waals surface area contributed by atoms with Crippen molar-refractivity contribution < 1.29 is 9.13 Å². The fourth-order valence-electron chi connectivity index (χ4n) is 7.27. The van der Waals surface area contributed by atoms with Crippen molar-refractivity contribution >= 4 is 33.4 Å². The quantitative estimate of drug-likeness (QED) is 0.114. The molecule has 57 heavy (non-hydrogen) atoms. The van der Waals surface area contributed by atoms with E-state index in [1.807, 2.05) is 30.3 Å². The average Bonchev–Trinajstić information content (AvgIpc) is 3.80. The Labute approximate surface area is 337 Å². The maximum atomic E-state index is 13.0. The summed E-state index contributed by atoms with van der Waals surface area (Å²) < 4.78 is 22.8. The van der Waals surface area contributed by atoms with Crippen LogP contribution in [0.15, 0.2) is 91.0 Å². The lowest BCUT2D eigenvalue weighted by molar-refractivity contribution is 0.0640. The van der Waals surface area contributed by atoms with E-state index in [2.05, 4.69) is 112 Å². The zero-order valence-corrected chi connectivity index (χ0v) is 34.0. The van der Waals surface area contributed by atoms with Crippen molar-refractivity contribution in [3.63, 3.8) is 0 Å². The maximum Gasteiger partial charge on any atom is 0.186 e. The summed E-state index contributed by atoms with van der Waals surface area (Å²) in [6.07, 6.45) is 4.66. The first kappa shape index (κ1) is 41.0. The minimum absolute atomic E-state index is 0.242. The van der Waals surface area contributed by atoms with Crippen LogP contribution < -0.4 is 10.6 Å². The molecule has 9 heteroatoms. The highest BCUT2D eigenvalue weighted by molar-refractivity contribution is 5.80. The highest BCUT2D eigenvalue weighted by atomic mass is 19.1. The molecule has 1 aliphatic heterocycles. The Balaban J connectivity index is 0.000000193. The number of imidazole rings is 2. The molecule has 0 atom stereocenters. The second-order valence-electron chi connectivity index (χ2n) is 14.2. The first-order valence-corrected chi connectivity index (χ1v) is 20.5. The van der Waals surface area contributed by atoms with Crippen molar-refractivity contribution in [3.05, 3.63) is 120 Å². The van der Waals surface area contributed by atoms with Crippen molar-refractivity contribution in [3.8, 4) is 23.7 Å². The summed E-state index contributed by atoms with van der Waals surface area (Å²) in [5.74, 6) is 15.0. The number of halogens is 1. The molecule has 0 amide bonds. The standard InChI is InChI=1S/C25H29N3O.C23H27FN4/c1-2-28-23-11-6-8-21(14-13-20-15-18-29-19-16-20)25(23)27-24(28)12-7-17-26-22-9-4-3-5-10-22;1-4-27(5-2)17-18-9-14-22-21(16-18)26-23(28(22)6-3)8-7-15-25-20-12-10-19(24)11-13-20/h3-6,8-11,20,26H,2,13-19H2,1H3;9-14,16,25H,4-6,15,17H2,1-3H3. The summed E-state index contributed by atoms with van der Waals surface area (Å²) in [5, 5.41) is 6.51. The summed E-state index contributed by atoms with van der Waals surface area (Å²) in [5.41, 5.74) is 8.95. The minimum atomic E-state index is -0.242. The van der Waals surface area contributed by atoms with Crippen LogP contribution in [0.5, 0.6) is 0 Å². The molecule has 1 fully saturated rings. The van der Waals surface area contributed by atoms with Gasteiger partial charge in [-0.3, -0.25) is 4.90 Å². The van der Waals surface area contributed by atoms with E-state index in [9.17, 15) is 4.39 Å². The molecule has 6 aromatic rings. The fraction of sp³-hybridized carbons (Fsp3) is 0.375. The number of nitrogens with zero attached hydrogens (tertiary/aromatic N) is 5. The number of hydrogen-bond donors (Lipinski definition) is 2. The summed E-state index contributed by atoms with van der Waals surface area (Å²) >= 11 is 0. The van der Waals surface area contributed by atoms with Crippen LogP contribution in [0.2, 0.25) is 0 Å². The zero-order chi connectivity index (χ0) is 39.8. The van der Waals surface area contributed by atoms with E-state index in [1.165, 1.54) is 48.0 Å². The van der Waals surface area contributed by atoms with E-state index in [4.69, 9.17) is 14.7 Å². The molecule has 0 spiro atoms. The number of para-hydroxylation sites is 2. The van der Waals surface area contributed by atoms with Gasteiger partial charge >= 0.3 is 0 Å². The first-order valence-electron chi connectivity index (χ1n) is 20.5. The Morgan fingerprint density at radius 3 is 2.05 bits per heavy atom. The summed E-state index contributed by atoms with van der Waals surface area (Å²) in [6, 6.07) is 29.5. The molecule has 1 saturated heterocycles. The summed E-state index contributed by atoms with van der Waals surface area (Å²) in [6.45, 7) is 16.2. The molecule has 2 aromatic heterocycles. The van der Waals surface area contributed by atoms with Gasteiger partial charge in [0.05, 0.1) is 35.2 Å². The summed E-state index contributed by atoms with van der Waals surface area (Å²) in [7, 11) is 0. The SMILES string of the molecule is CCN(CC)Cc1ccc2c(c1)nc(C#CCNc1ccc(F)cc1)n2CC.CCn1c(C#CCNc2ccccc2)nc2c(CCC3CCOCC3)cccc21. The number of ether oxygens (including phenoxy) is 1. The molecule has 296 valence electrons. The van der Waals surface area contributed by atoms with Gasteiger partial charge in [0, 0.05) is 44.2 Å². The Morgan fingerprint density at radius 2 is 1.39 bits per heavy atom. The molecule has 1 aliphatic rings. The highest BCUT2D eigenvalue weighted by Crippen LogP contribution is 2.26. The van der Waals surface area contributed by atoms with Crippen molar-refractivity contribution in [2.45, 2.75) is 73.0 Å². The first-order chi connectivity index (χ1) is 28.0. The smallest absolute Gasteiger partial charge is 0.186 e. The predicted molar refractivity (Wildman–Crippen MR) is 233 cm³/mol. The van der Waals surface area contributed by atoms with E-state index in [1.54, 1.807) is 12.1 Å². The van der Waals surface area contributed by atoms with Crippen molar-refractivity contribution in [1.82, 2.24) is 24.0 Å². The molecule has 0 bridgehead atoms. The lowest BCUT2D eigenvalue weighted by Crippen LogP contribution is -2.21. The molecular weight excluding hydrogens is 710 g/mol. The zero-order valence-electron chi connectivity index (χ0n) is 34.0. The Kier molecular flexibility index (Phi) is 15.2. The van der Waals surface area contributed by atoms with Crippen LogP contribution in [0.25, 0.3) is 22.1 Å². The molecule has 2 N–H and O–H groups in total. The van der Waals surface area contributed by atoms with E-state index in [0.717, 1.165) is 97.8 Å². The lowest BCUT2D eigenvalue weighted by Gasteiger charge is -2.21. The molecule has 0 aliphatic carbocycles. The van der Waals surface area contributed by atoms with Gasteiger partial charge in [0.2, 0.25) is 0 Å². The van der Waals surface area contributed by atoms with E-state index >= 15 is 0 Å². The van der Waals surface area contributed by atoms with Gasteiger partial charge in [0.1, 0.15) is 5.82 Å². The van der Waals surface area contributed by atoms with Gasteiger partial charge in [-0.2, -0.15) is 0 Å². The molecule has 0 radical (unpaired) electrons. The Morgan fingerprint density at radius 1 is 0.737 bits per heavy atom. The number of anilines is 2. The number of nitrogens with one attached hydrogen (secondary N) is 2. The van der Waals surface area contributed by atoms with Gasteiger partial charge in [-0.05, 0) is 136 Å². The van der Waals surface area contributed by atoms with Gasteiger partial charge in [0.15, 0.2) is 11.6 Å². The number of benzene rings is 4. The third-order valence-electron chi connectivity index (χ3n) is 10.6. The van der Waals surface area contributed by atoms with Crippen LogP contribution in [-0.2, 0) is 30.8 Å². The number of rotatable bonds is 13. The van der Waals surface area contributed by atoms with Crippen LogP contribution in [0.3, 0.4) is 0 Å². The van der Waals surface area contributed by atoms with E-state index in [-0.39, 0.29) is 5.82 Å². The van der Waals surface area contributed by atoms with Gasteiger partial charge in [-0.1, -0.05) is 62.1 Å². The monoisotopic (exact) mass is 765 g/mol. The van der Waals surface area contributed by atoms with Crippen LogP contribution in [0, 0.1) is 35.4 Å². The maximum absolute atomic E-state index is 13.0. The second kappa shape index (κ2) is 21.1. The van der Waals surface area contributed by atoms with Gasteiger partial charge < -0.3 is 24.5 Å². The Hall–Kier alpha value is -5.61. The van der Waals surface area contributed by atoms with Crippen LogP contribution >= 0.6 is 0 Å². The number of fused-ring (bicyclic) bond motifs is 2. The predicted octanol–water partition coefficient (Wildman–Crippen LogP) is 9.38. The van der Waals surface area contributed by atoms with Gasteiger partial charge in [0.25, 0.3) is 0 Å². The minimum Gasteiger partial charge on any atom is -0.381 e. The van der Waals surface area contributed by atoms with E-state index in [0.29, 0.717) is 13.1 Å². The molecular formula is C48H56FN7O. The van der Waals surface area contributed by atoms with E-state index < -0.39 is 0 Å². The fourth-order valence-corrected chi connectivity index (χ4v) is 7.27. The van der Waals surface area contributed by atoms with Crippen molar-refractivity contribution in [2.75, 3.05) is 50.0 Å². The van der Waals surface area contributed by atoms with Gasteiger partial charge in [-0.25, -0.2) is 14.4 Å². The number of aromatic nitrogens is 4. The largest absolute Gasteiger partial charge is 0.381 e. The van der Waals surface area contributed by atoms with Crippen molar-refractivity contribution in [1.29, 1.82) is 0 Å². The average molecular weight is 766 g/mol. The molecule has 7 rings (SSSR count).